The van der Waals surface area contributed by atoms with Crippen LogP contribution in [0.4, 0.5) is 0 Å². The normalized spacial score (nSPS) is 11.8. The van der Waals surface area contributed by atoms with Crippen molar-refractivity contribution in [2.75, 3.05) is 7.11 Å². The molecule has 0 aliphatic rings. The Morgan fingerprint density at radius 2 is 2.18 bits per heavy atom. The van der Waals surface area contributed by atoms with E-state index in [1.54, 1.807) is 7.11 Å². The Morgan fingerprint density at radius 3 is 2.64 bits per heavy atom. The van der Waals surface area contributed by atoms with Crippen molar-refractivity contribution >= 4 is 26.2 Å². The van der Waals surface area contributed by atoms with E-state index < -0.39 is 0 Å². The summed E-state index contributed by atoms with van der Waals surface area (Å²) in [6.45, 7) is 2.01. The molecule has 0 aliphatic heterocycles. The Morgan fingerprint density at radius 1 is 1.45 bits per heavy atom. The first-order valence-corrected chi connectivity index (χ1v) is 3.34. The van der Waals surface area contributed by atoms with E-state index in [1.807, 2.05) is 31.2 Å². The molecule has 0 aromatic heterocycles. The van der Waals surface area contributed by atoms with Crippen molar-refractivity contribution in [1.82, 2.24) is 0 Å². The van der Waals surface area contributed by atoms with Crippen LogP contribution < -0.4 is 0 Å². The Balaban J connectivity index is 0.000001000. The zero-order valence-corrected chi connectivity index (χ0v) is 12.5. The Hall–Kier alpha value is 0.0631. The molecule has 61 valence electrons. The van der Waals surface area contributed by atoms with Crippen LogP contribution >= 0.6 is 0 Å². The van der Waals surface area contributed by atoms with Gasteiger partial charge in [0.1, 0.15) is 0 Å². The van der Waals surface area contributed by atoms with E-state index in [1.165, 1.54) is 0 Å². The van der Waals surface area contributed by atoms with Gasteiger partial charge in [0.05, 0.1) is 6.10 Å². The summed E-state index contributed by atoms with van der Waals surface area (Å²) in [6.07, 6.45) is 0.154. The molecule has 1 aromatic carbocycles. The maximum atomic E-state index is 5.10. The molecule has 1 nitrogen and oxygen atoms in total. The molecule has 0 spiro atoms. The van der Waals surface area contributed by atoms with Crippen LogP contribution in [0.25, 0.3) is 0 Å². The molecule has 0 bridgehead atoms. The molecule has 11 heavy (non-hydrogen) atoms. The first-order valence-electron chi connectivity index (χ1n) is 3.34. The van der Waals surface area contributed by atoms with Crippen molar-refractivity contribution in [3.8, 4) is 0 Å². The van der Waals surface area contributed by atoms with Crippen molar-refractivity contribution in [2.24, 2.45) is 0 Å². The number of rotatable bonds is 2. The number of hydrogen-bond acceptors (Lipinski definition) is 1. The molecule has 1 rings (SSSR count). The van der Waals surface area contributed by atoms with Crippen LogP contribution in [-0.4, -0.2) is 33.3 Å². The van der Waals surface area contributed by atoms with Crippen LogP contribution in [0.1, 0.15) is 18.6 Å². The van der Waals surface area contributed by atoms with E-state index >= 15 is 0 Å². The van der Waals surface area contributed by atoms with Crippen LogP contribution in [0.3, 0.4) is 0 Å². The fraction of sp³-hybridized carbons (Fsp3) is 0.333. The molecule has 0 N–H and O–H groups in total. The van der Waals surface area contributed by atoms with E-state index in [-0.39, 0.29) is 32.3 Å². The van der Waals surface area contributed by atoms with Crippen LogP contribution in [0.15, 0.2) is 24.3 Å². The van der Waals surface area contributed by atoms with Gasteiger partial charge in [0.25, 0.3) is 0 Å². The van der Waals surface area contributed by atoms with E-state index in [4.69, 9.17) is 4.74 Å². The minimum absolute atomic E-state index is 0. The third-order valence-corrected chi connectivity index (χ3v) is 1.52. The third kappa shape index (κ3) is 3.31. The minimum atomic E-state index is 0. The van der Waals surface area contributed by atoms with Gasteiger partial charge < -0.3 is 4.74 Å². The van der Waals surface area contributed by atoms with Gasteiger partial charge in [0, 0.05) is 7.11 Å². The maximum absolute atomic E-state index is 5.10. The number of benzene rings is 1. The van der Waals surface area contributed by atoms with Crippen molar-refractivity contribution in [2.45, 2.75) is 13.0 Å². The summed E-state index contributed by atoms with van der Waals surface area (Å²) < 4.78 is 5.10. The van der Waals surface area contributed by atoms with Crippen LogP contribution in [0.2, 0.25) is 0 Å². The zero-order chi connectivity index (χ0) is 7.40. The summed E-state index contributed by atoms with van der Waals surface area (Å²) in [6, 6.07) is 10.9. The molecule has 1 unspecified atom stereocenters. The molecule has 0 amide bonds. The Labute approximate surface area is 86.9 Å². The molecule has 0 heterocycles. The predicted octanol–water partition coefficient (Wildman–Crippen LogP) is 1.01. The number of ether oxygens (including phenoxy) is 1. The topological polar surface area (TPSA) is 9.23 Å². The van der Waals surface area contributed by atoms with Crippen molar-refractivity contribution in [3.05, 3.63) is 35.9 Å². The van der Waals surface area contributed by atoms with Gasteiger partial charge >= 0.3 is 26.2 Å². The fourth-order valence-electron chi connectivity index (χ4n) is 0.787. The van der Waals surface area contributed by atoms with Crippen LogP contribution in [-0.2, 0) is 4.74 Å². The summed E-state index contributed by atoms with van der Waals surface area (Å²) in [5.41, 5.74) is 1.10. The first-order chi connectivity index (χ1) is 4.84. The van der Waals surface area contributed by atoms with Gasteiger partial charge in [-0.1, -0.05) is 24.3 Å². The predicted molar refractivity (Wildman–Crippen MR) is 50.6 cm³/mol. The SMILES string of the molecule is COC(C)c1[c]cccc1.[BiH3]. The monoisotopic (exact) mass is 347 g/mol. The number of methoxy groups -OCH3 is 1. The Kier molecular flexibility index (Phi) is 5.71. The molecule has 1 atom stereocenters. The second kappa shape index (κ2) is 5.68. The molecule has 0 fully saturated rings. The van der Waals surface area contributed by atoms with Gasteiger partial charge in [-0.3, -0.25) is 0 Å². The van der Waals surface area contributed by atoms with Crippen LogP contribution in [0, 0.1) is 6.07 Å². The molecule has 1 radical (unpaired) electrons. The molecule has 2 heteroatoms. The second-order valence-electron chi connectivity index (χ2n) is 2.20. The second-order valence-corrected chi connectivity index (χ2v) is 2.20. The van der Waals surface area contributed by atoms with E-state index in [0.717, 1.165) is 5.56 Å². The summed E-state index contributed by atoms with van der Waals surface area (Å²) in [5, 5.41) is 0. The molecular formula is C9H14BiO. The van der Waals surface area contributed by atoms with E-state index in [2.05, 4.69) is 6.07 Å². The van der Waals surface area contributed by atoms with Crippen molar-refractivity contribution < 1.29 is 4.74 Å². The summed E-state index contributed by atoms with van der Waals surface area (Å²) in [4.78, 5) is 0. The van der Waals surface area contributed by atoms with Gasteiger partial charge in [-0.2, -0.15) is 0 Å². The molecule has 0 saturated heterocycles. The zero-order valence-electron chi connectivity index (χ0n) is 7.00. The third-order valence-electron chi connectivity index (χ3n) is 1.52. The van der Waals surface area contributed by atoms with Crippen LogP contribution in [0.5, 0.6) is 0 Å². The van der Waals surface area contributed by atoms with Gasteiger partial charge in [-0.25, -0.2) is 0 Å². The summed E-state index contributed by atoms with van der Waals surface area (Å²) in [5.74, 6) is 0. The quantitative estimate of drug-likeness (QED) is 0.726. The fourth-order valence-corrected chi connectivity index (χ4v) is 0.787. The van der Waals surface area contributed by atoms with Crippen molar-refractivity contribution in [3.63, 3.8) is 0 Å². The Bertz CT molecular complexity index is 186. The molecule has 1 aromatic rings. The van der Waals surface area contributed by atoms with E-state index in [9.17, 15) is 0 Å². The van der Waals surface area contributed by atoms with Gasteiger partial charge in [-0.15, -0.1) is 0 Å². The summed E-state index contributed by atoms with van der Waals surface area (Å²) >= 11 is 0. The van der Waals surface area contributed by atoms with Crippen molar-refractivity contribution in [1.29, 1.82) is 0 Å². The number of hydrogen-bond donors (Lipinski definition) is 0. The van der Waals surface area contributed by atoms with Gasteiger partial charge in [0.15, 0.2) is 0 Å². The van der Waals surface area contributed by atoms with Gasteiger partial charge in [0.2, 0.25) is 0 Å². The van der Waals surface area contributed by atoms with Gasteiger partial charge in [-0.05, 0) is 18.6 Å². The average Bonchev–Trinajstić information content (AvgIpc) is 2.05. The average molecular weight is 347 g/mol. The standard InChI is InChI=1S/C9H11O.Bi.3H/c1-8(10-2)9-6-4-3-5-7-9;;;;/h3-6,8H,1-2H3;;;;. The molecule has 0 saturated carbocycles. The van der Waals surface area contributed by atoms with E-state index in [0.29, 0.717) is 0 Å². The molecule has 0 aliphatic carbocycles. The molecular weight excluding hydrogens is 333 g/mol. The first kappa shape index (κ1) is 11.1. The summed E-state index contributed by atoms with van der Waals surface area (Å²) in [7, 11) is 1.70.